The summed E-state index contributed by atoms with van der Waals surface area (Å²) in [5, 5.41) is 22.9. The van der Waals surface area contributed by atoms with Gasteiger partial charge in [0.2, 0.25) is 5.88 Å². The molecule has 4 N–H and O–H groups in total. The van der Waals surface area contributed by atoms with Crippen LogP contribution in [0.2, 0.25) is 0 Å². The maximum atomic E-state index is 12.0. The zero-order valence-corrected chi connectivity index (χ0v) is 13.8. The molecule has 0 amide bonds. The fourth-order valence-electron chi connectivity index (χ4n) is 1.98. The molecule has 128 valence electrons. The summed E-state index contributed by atoms with van der Waals surface area (Å²) in [6, 6.07) is 6.90. The van der Waals surface area contributed by atoms with Crippen molar-refractivity contribution in [3.8, 4) is 17.3 Å². The summed E-state index contributed by atoms with van der Waals surface area (Å²) in [6.07, 6.45) is 1.17. The van der Waals surface area contributed by atoms with Gasteiger partial charge in [0.1, 0.15) is 11.3 Å². The topological polar surface area (TPSA) is 112 Å². The molecule has 1 heterocycles. The van der Waals surface area contributed by atoms with E-state index in [2.05, 4.69) is 15.5 Å². The highest BCUT2D eigenvalue weighted by Crippen LogP contribution is 2.21. The number of aromatic amines is 1. The first-order valence-corrected chi connectivity index (χ1v) is 7.67. The maximum Gasteiger partial charge on any atom is 0.264 e. The second-order valence-corrected chi connectivity index (χ2v) is 5.04. The van der Waals surface area contributed by atoms with Crippen molar-refractivity contribution in [2.24, 2.45) is 5.10 Å². The molecule has 0 saturated heterocycles. The molecule has 0 spiro atoms. The van der Waals surface area contributed by atoms with Crippen LogP contribution in [0.3, 0.4) is 0 Å². The Morgan fingerprint density at radius 1 is 1.42 bits per heavy atom. The third-order valence-corrected chi connectivity index (χ3v) is 3.32. The molecule has 0 bridgehead atoms. The smallest absolute Gasteiger partial charge is 0.264 e. The first-order chi connectivity index (χ1) is 11.6. The molecular formula is C15H18N4O4S. The quantitative estimate of drug-likeness (QED) is 0.256. The van der Waals surface area contributed by atoms with E-state index in [1.807, 2.05) is 6.92 Å². The Morgan fingerprint density at radius 3 is 2.75 bits per heavy atom. The molecule has 0 aliphatic carbocycles. The van der Waals surface area contributed by atoms with Gasteiger partial charge >= 0.3 is 0 Å². The van der Waals surface area contributed by atoms with Crippen molar-refractivity contribution < 1.29 is 14.9 Å². The predicted molar refractivity (Wildman–Crippen MR) is 92.7 cm³/mol. The molecule has 0 radical (unpaired) electrons. The highest BCUT2D eigenvalue weighted by Gasteiger charge is 2.12. The Bertz CT molecular complexity index is 827. The van der Waals surface area contributed by atoms with Crippen LogP contribution in [0.15, 0.2) is 34.2 Å². The van der Waals surface area contributed by atoms with Gasteiger partial charge in [-0.05, 0) is 43.4 Å². The Kier molecular flexibility index (Phi) is 6.10. The minimum Gasteiger partial charge on any atom is -0.494 e. The molecule has 2 aromatic rings. The highest BCUT2D eigenvalue weighted by molar-refractivity contribution is 7.71. The number of hydrogen-bond donors (Lipinski definition) is 4. The highest BCUT2D eigenvalue weighted by atomic mass is 32.1. The molecule has 0 atom stereocenters. The summed E-state index contributed by atoms with van der Waals surface area (Å²) in [7, 11) is 0. The van der Waals surface area contributed by atoms with Crippen LogP contribution in [0.4, 0.5) is 0 Å². The van der Waals surface area contributed by atoms with Crippen LogP contribution in [-0.2, 0) is 0 Å². The lowest BCUT2D eigenvalue weighted by Gasteiger charge is -2.12. The number of hydrogen-bond acceptors (Lipinski definition) is 7. The Hall–Kier alpha value is -2.65. The number of aliphatic hydroxyl groups excluding tert-OH is 1. The number of nitrogens with zero attached hydrogens (tertiary/aromatic N) is 2. The van der Waals surface area contributed by atoms with Crippen molar-refractivity contribution in [2.45, 2.75) is 6.92 Å². The zero-order chi connectivity index (χ0) is 17.5. The van der Waals surface area contributed by atoms with E-state index in [-0.39, 0.29) is 29.4 Å². The van der Waals surface area contributed by atoms with Crippen molar-refractivity contribution in [3.05, 3.63) is 45.0 Å². The van der Waals surface area contributed by atoms with E-state index in [1.54, 1.807) is 24.3 Å². The van der Waals surface area contributed by atoms with Gasteiger partial charge in [-0.1, -0.05) is 0 Å². The van der Waals surface area contributed by atoms with Crippen LogP contribution in [0.25, 0.3) is 5.69 Å². The van der Waals surface area contributed by atoms with Gasteiger partial charge in [0.25, 0.3) is 5.56 Å². The average Bonchev–Trinajstić information content (AvgIpc) is 2.55. The fraction of sp³-hybridized carbons (Fsp3) is 0.267. The van der Waals surface area contributed by atoms with E-state index in [4.69, 9.17) is 22.1 Å². The number of rotatable bonds is 7. The number of aromatic hydroxyl groups is 1. The molecule has 2 rings (SSSR count). The number of hydrazone groups is 1. The van der Waals surface area contributed by atoms with Gasteiger partial charge in [-0.3, -0.25) is 14.3 Å². The predicted octanol–water partition coefficient (Wildman–Crippen LogP) is 0.915. The lowest BCUT2D eigenvalue weighted by Crippen LogP contribution is -2.19. The van der Waals surface area contributed by atoms with Crippen molar-refractivity contribution in [2.75, 3.05) is 19.8 Å². The minimum atomic E-state index is -0.561. The minimum absolute atomic E-state index is 0.0528. The Morgan fingerprint density at radius 2 is 2.12 bits per heavy atom. The number of benzene rings is 1. The summed E-state index contributed by atoms with van der Waals surface area (Å²) < 4.78 is 6.75. The molecule has 0 unspecified atom stereocenters. The average molecular weight is 350 g/mol. The number of aliphatic hydroxyl groups is 1. The van der Waals surface area contributed by atoms with Gasteiger partial charge in [0.05, 0.1) is 31.7 Å². The third-order valence-electron chi connectivity index (χ3n) is 3.04. The van der Waals surface area contributed by atoms with Crippen LogP contribution >= 0.6 is 12.2 Å². The Labute approximate surface area is 143 Å². The molecule has 8 nitrogen and oxygen atoms in total. The van der Waals surface area contributed by atoms with E-state index in [1.165, 1.54) is 10.8 Å². The number of ether oxygens (including phenoxy) is 1. The van der Waals surface area contributed by atoms with E-state index >= 15 is 0 Å². The molecule has 24 heavy (non-hydrogen) atoms. The SMILES string of the molecule is CCOc1ccc(-n2c(O)c(C=NNCCO)c(=O)[nH]c2=S)cc1. The monoisotopic (exact) mass is 350 g/mol. The van der Waals surface area contributed by atoms with Gasteiger partial charge < -0.3 is 20.4 Å². The van der Waals surface area contributed by atoms with E-state index in [0.29, 0.717) is 18.0 Å². The molecular weight excluding hydrogens is 332 g/mol. The summed E-state index contributed by atoms with van der Waals surface area (Å²) in [5.41, 5.74) is 2.49. The summed E-state index contributed by atoms with van der Waals surface area (Å²) >= 11 is 5.13. The van der Waals surface area contributed by atoms with Gasteiger partial charge in [0.15, 0.2) is 4.77 Å². The van der Waals surface area contributed by atoms with Crippen LogP contribution in [0, 0.1) is 4.77 Å². The first-order valence-electron chi connectivity index (χ1n) is 7.26. The molecule has 1 aromatic heterocycles. The fourth-order valence-corrected chi connectivity index (χ4v) is 2.26. The second kappa shape index (κ2) is 8.27. The van der Waals surface area contributed by atoms with Crippen molar-refractivity contribution in [1.82, 2.24) is 15.0 Å². The van der Waals surface area contributed by atoms with Crippen molar-refractivity contribution in [3.63, 3.8) is 0 Å². The van der Waals surface area contributed by atoms with Gasteiger partial charge in [0, 0.05) is 0 Å². The molecule has 0 saturated carbocycles. The first kappa shape index (κ1) is 17.7. The van der Waals surface area contributed by atoms with Crippen LogP contribution in [0.5, 0.6) is 11.6 Å². The van der Waals surface area contributed by atoms with E-state index in [9.17, 15) is 9.90 Å². The molecule has 0 fully saturated rings. The van der Waals surface area contributed by atoms with Crippen molar-refractivity contribution in [1.29, 1.82) is 0 Å². The summed E-state index contributed by atoms with van der Waals surface area (Å²) in [5.74, 6) is 0.356. The largest absolute Gasteiger partial charge is 0.494 e. The van der Waals surface area contributed by atoms with Crippen LogP contribution in [-0.4, -0.2) is 45.7 Å². The van der Waals surface area contributed by atoms with Gasteiger partial charge in [-0.2, -0.15) is 5.10 Å². The van der Waals surface area contributed by atoms with Crippen LogP contribution < -0.4 is 15.7 Å². The van der Waals surface area contributed by atoms with E-state index < -0.39 is 5.56 Å². The second-order valence-electron chi connectivity index (χ2n) is 4.65. The summed E-state index contributed by atoms with van der Waals surface area (Å²) in [6.45, 7) is 2.56. The lowest BCUT2D eigenvalue weighted by atomic mass is 10.2. The van der Waals surface area contributed by atoms with E-state index in [0.717, 1.165) is 0 Å². The zero-order valence-electron chi connectivity index (χ0n) is 13.0. The lowest BCUT2D eigenvalue weighted by molar-refractivity contribution is 0.294. The molecule has 1 aromatic carbocycles. The maximum absolute atomic E-state index is 12.0. The Balaban J connectivity index is 2.44. The summed E-state index contributed by atoms with van der Waals surface area (Å²) in [4.78, 5) is 14.5. The molecule has 0 aliphatic heterocycles. The normalized spacial score (nSPS) is 10.9. The van der Waals surface area contributed by atoms with Crippen LogP contribution in [0.1, 0.15) is 12.5 Å². The number of nitrogens with one attached hydrogen (secondary N) is 2. The van der Waals surface area contributed by atoms with Gasteiger partial charge in [-0.15, -0.1) is 0 Å². The number of H-pyrrole nitrogens is 1. The third kappa shape index (κ3) is 4.00. The van der Waals surface area contributed by atoms with Gasteiger partial charge in [-0.25, -0.2) is 0 Å². The standard InChI is InChI=1S/C15H18N4O4S/c1-2-23-11-5-3-10(4-6-11)19-14(22)12(9-17-16-7-8-20)13(21)18-15(19)24/h3-6,9,16,20,22H,2,7-8H2,1H3,(H,18,21,24). The molecule has 0 aliphatic rings. The van der Waals surface area contributed by atoms with Crippen molar-refractivity contribution >= 4 is 18.4 Å². The molecule has 9 heteroatoms. The number of aromatic nitrogens is 2.